The van der Waals surface area contributed by atoms with Gasteiger partial charge in [-0.05, 0) is 44.1 Å². The summed E-state index contributed by atoms with van der Waals surface area (Å²) in [5.74, 6) is 2.04. The number of carbonyl (C=O) groups is 1. The molecule has 1 amide bonds. The maximum absolute atomic E-state index is 12.3. The van der Waals surface area contributed by atoms with Gasteiger partial charge in [-0.15, -0.1) is 0 Å². The van der Waals surface area contributed by atoms with Crippen LogP contribution in [0.4, 0.5) is 0 Å². The van der Waals surface area contributed by atoms with Crippen LogP contribution in [0, 0.1) is 18.8 Å². The maximum Gasteiger partial charge on any atom is 0.230 e. The summed E-state index contributed by atoms with van der Waals surface area (Å²) < 4.78 is 0. The fraction of sp³-hybridized carbons (Fsp3) is 0.450. The molecular formula is C20H23N3OS. The third-order valence-corrected chi connectivity index (χ3v) is 6.17. The number of hydrogen-bond donors (Lipinski definition) is 1. The van der Waals surface area contributed by atoms with Crippen molar-refractivity contribution in [2.45, 2.75) is 43.8 Å². The van der Waals surface area contributed by atoms with E-state index in [1.54, 1.807) is 0 Å². The van der Waals surface area contributed by atoms with Gasteiger partial charge in [0, 0.05) is 17.3 Å². The van der Waals surface area contributed by atoms with Gasteiger partial charge >= 0.3 is 0 Å². The Hall–Kier alpha value is -1.88. The number of hydrogen-bond acceptors (Lipinski definition) is 4. The van der Waals surface area contributed by atoms with Crippen LogP contribution in [-0.2, 0) is 4.79 Å². The van der Waals surface area contributed by atoms with Crippen molar-refractivity contribution in [3.05, 3.63) is 42.1 Å². The molecule has 0 aliphatic heterocycles. The second-order valence-electron chi connectivity index (χ2n) is 7.18. The Labute approximate surface area is 152 Å². The lowest BCUT2D eigenvalue weighted by Gasteiger charge is -2.22. The van der Waals surface area contributed by atoms with Gasteiger partial charge < -0.3 is 5.32 Å². The lowest BCUT2D eigenvalue weighted by molar-refractivity contribution is -0.119. The quantitative estimate of drug-likeness (QED) is 0.655. The van der Waals surface area contributed by atoms with Crippen LogP contribution in [0.1, 0.15) is 31.4 Å². The van der Waals surface area contributed by atoms with Crippen LogP contribution in [-0.4, -0.2) is 27.7 Å². The fourth-order valence-electron chi connectivity index (χ4n) is 4.16. The minimum Gasteiger partial charge on any atom is -0.352 e. The van der Waals surface area contributed by atoms with Crippen LogP contribution >= 0.6 is 11.8 Å². The predicted octanol–water partition coefficient (Wildman–Crippen LogP) is 3.85. The second kappa shape index (κ2) is 7.16. The van der Waals surface area contributed by atoms with E-state index in [2.05, 4.69) is 15.3 Å². The first-order chi connectivity index (χ1) is 12.2. The van der Waals surface area contributed by atoms with Crippen molar-refractivity contribution in [3.63, 3.8) is 0 Å². The van der Waals surface area contributed by atoms with Crippen LogP contribution < -0.4 is 5.32 Å². The first-order valence-electron chi connectivity index (χ1n) is 9.00. The van der Waals surface area contributed by atoms with Crippen molar-refractivity contribution >= 4 is 17.7 Å². The number of nitrogens with zero attached hydrogens (tertiary/aromatic N) is 2. The number of aromatic nitrogens is 2. The van der Waals surface area contributed by atoms with Gasteiger partial charge in [0.15, 0.2) is 5.16 Å². The van der Waals surface area contributed by atoms with Crippen molar-refractivity contribution in [2.24, 2.45) is 11.8 Å². The average molecular weight is 353 g/mol. The number of benzene rings is 1. The van der Waals surface area contributed by atoms with Gasteiger partial charge in [-0.25, -0.2) is 9.97 Å². The topological polar surface area (TPSA) is 54.9 Å². The van der Waals surface area contributed by atoms with Crippen LogP contribution in [0.3, 0.4) is 0 Å². The molecule has 2 aromatic rings. The van der Waals surface area contributed by atoms with E-state index in [4.69, 9.17) is 0 Å². The third-order valence-electron chi connectivity index (χ3n) is 5.32. The molecule has 1 aromatic heterocycles. The number of rotatable bonds is 5. The molecule has 4 rings (SSSR count). The van der Waals surface area contributed by atoms with Crippen molar-refractivity contribution in [2.75, 3.05) is 5.75 Å². The molecule has 2 bridgehead atoms. The summed E-state index contributed by atoms with van der Waals surface area (Å²) in [6, 6.07) is 12.5. The molecule has 130 valence electrons. The van der Waals surface area contributed by atoms with E-state index in [0.29, 0.717) is 22.9 Å². The Morgan fingerprint density at radius 1 is 1.20 bits per heavy atom. The monoisotopic (exact) mass is 353 g/mol. The van der Waals surface area contributed by atoms with E-state index in [0.717, 1.165) is 22.9 Å². The van der Waals surface area contributed by atoms with E-state index in [9.17, 15) is 4.79 Å². The van der Waals surface area contributed by atoms with Crippen LogP contribution in [0.15, 0.2) is 41.6 Å². The number of amides is 1. The molecule has 1 N–H and O–H groups in total. The summed E-state index contributed by atoms with van der Waals surface area (Å²) in [6.45, 7) is 1.97. The largest absolute Gasteiger partial charge is 0.352 e. The molecule has 2 fully saturated rings. The molecule has 25 heavy (non-hydrogen) atoms. The van der Waals surface area contributed by atoms with Crippen molar-refractivity contribution in [1.82, 2.24) is 15.3 Å². The molecule has 5 heteroatoms. The molecular weight excluding hydrogens is 330 g/mol. The molecule has 2 saturated carbocycles. The van der Waals surface area contributed by atoms with E-state index in [1.807, 2.05) is 43.3 Å². The van der Waals surface area contributed by atoms with Crippen LogP contribution in [0.5, 0.6) is 0 Å². The number of carbonyl (C=O) groups excluding carboxylic acids is 1. The summed E-state index contributed by atoms with van der Waals surface area (Å²) in [7, 11) is 0. The van der Waals surface area contributed by atoms with Gasteiger partial charge in [-0.1, -0.05) is 48.5 Å². The van der Waals surface area contributed by atoms with E-state index in [1.165, 1.54) is 37.4 Å². The zero-order valence-corrected chi connectivity index (χ0v) is 15.3. The molecule has 2 aliphatic carbocycles. The predicted molar refractivity (Wildman–Crippen MR) is 100 cm³/mol. The smallest absolute Gasteiger partial charge is 0.230 e. The highest BCUT2D eigenvalue weighted by atomic mass is 32.2. The molecule has 1 heterocycles. The standard InChI is InChI=1S/C20H23N3OS/c1-13-9-17(15-5-3-2-4-6-15)23-20(21-13)25-12-19(24)22-18-11-14-7-8-16(18)10-14/h2-6,9,14,16,18H,7-8,10-12H2,1H3,(H,22,24). The molecule has 0 radical (unpaired) electrons. The zero-order chi connectivity index (χ0) is 17.2. The molecule has 0 spiro atoms. The summed E-state index contributed by atoms with van der Waals surface area (Å²) in [5.41, 5.74) is 2.90. The summed E-state index contributed by atoms with van der Waals surface area (Å²) in [5, 5.41) is 3.89. The SMILES string of the molecule is Cc1cc(-c2ccccc2)nc(SCC(=O)NC2CC3CCC2C3)n1. The van der Waals surface area contributed by atoms with Gasteiger partial charge in [-0.2, -0.15) is 0 Å². The Bertz CT molecular complexity index is 765. The highest BCUT2D eigenvalue weighted by Gasteiger charge is 2.39. The lowest BCUT2D eigenvalue weighted by Crippen LogP contribution is -2.39. The minimum atomic E-state index is 0.105. The van der Waals surface area contributed by atoms with Crippen LogP contribution in [0.25, 0.3) is 11.3 Å². The molecule has 3 atom stereocenters. The van der Waals surface area contributed by atoms with E-state index >= 15 is 0 Å². The number of thioether (sulfide) groups is 1. The Morgan fingerprint density at radius 2 is 2.04 bits per heavy atom. The highest BCUT2D eigenvalue weighted by Crippen LogP contribution is 2.44. The van der Waals surface area contributed by atoms with Gasteiger partial charge in [-0.3, -0.25) is 4.79 Å². The first-order valence-corrected chi connectivity index (χ1v) is 9.99. The summed E-state index contributed by atoms with van der Waals surface area (Å²) >= 11 is 1.42. The van der Waals surface area contributed by atoms with E-state index in [-0.39, 0.29) is 5.91 Å². The third kappa shape index (κ3) is 3.87. The summed E-state index contributed by atoms with van der Waals surface area (Å²) in [4.78, 5) is 21.4. The summed E-state index contributed by atoms with van der Waals surface area (Å²) in [6.07, 6.45) is 5.11. The fourth-order valence-corrected chi connectivity index (χ4v) is 4.88. The number of nitrogens with one attached hydrogen (secondary N) is 1. The van der Waals surface area contributed by atoms with Crippen molar-refractivity contribution < 1.29 is 4.79 Å². The average Bonchev–Trinajstić information content (AvgIpc) is 3.23. The highest BCUT2D eigenvalue weighted by molar-refractivity contribution is 7.99. The number of aryl methyl sites for hydroxylation is 1. The van der Waals surface area contributed by atoms with Gasteiger partial charge in [0.05, 0.1) is 11.4 Å². The minimum absolute atomic E-state index is 0.105. The molecule has 2 aliphatic rings. The van der Waals surface area contributed by atoms with Crippen LogP contribution in [0.2, 0.25) is 0 Å². The molecule has 0 saturated heterocycles. The molecule has 1 aromatic carbocycles. The number of fused-ring (bicyclic) bond motifs is 2. The van der Waals surface area contributed by atoms with Crippen molar-refractivity contribution in [3.8, 4) is 11.3 Å². The van der Waals surface area contributed by atoms with Gasteiger partial charge in [0.25, 0.3) is 0 Å². The van der Waals surface area contributed by atoms with Gasteiger partial charge in [0.1, 0.15) is 0 Å². The zero-order valence-electron chi connectivity index (χ0n) is 14.4. The molecule has 3 unspecified atom stereocenters. The normalized spacial score (nSPS) is 24.4. The lowest BCUT2D eigenvalue weighted by atomic mass is 9.95. The Kier molecular flexibility index (Phi) is 4.75. The van der Waals surface area contributed by atoms with Gasteiger partial charge in [0.2, 0.25) is 5.91 Å². The first kappa shape index (κ1) is 16.6. The Balaban J connectivity index is 1.37. The van der Waals surface area contributed by atoms with E-state index < -0.39 is 0 Å². The molecule has 4 nitrogen and oxygen atoms in total. The Morgan fingerprint density at radius 3 is 2.76 bits per heavy atom. The second-order valence-corrected chi connectivity index (χ2v) is 8.12. The van der Waals surface area contributed by atoms with Crippen molar-refractivity contribution in [1.29, 1.82) is 0 Å². The maximum atomic E-state index is 12.3.